The van der Waals surface area contributed by atoms with Crippen LogP contribution >= 0.6 is 11.8 Å². The molecule has 98 valence electrons. The third-order valence-corrected chi connectivity index (χ3v) is 4.35. The van der Waals surface area contributed by atoms with Crippen molar-refractivity contribution in [2.24, 2.45) is 5.92 Å². The summed E-state index contributed by atoms with van der Waals surface area (Å²) < 4.78 is 21.7. The van der Waals surface area contributed by atoms with Crippen LogP contribution in [0.15, 0.2) is 0 Å². The molecule has 0 heterocycles. The second kappa shape index (κ2) is 9.31. The lowest BCUT2D eigenvalue weighted by Gasteiger charge is -2.06. The van der Waals surface area contributed by atoms with E-state index in [1.807, 2.05) is 0 Å². The maximum Gasteiger partial charge on any atom is 0.148 e. The number of hydrogen-bond donors (Lipinski definition) is 1. The number of sulfone groups is 1. The van der Waals surface area contributed by atoms with Crippen molar-refractivity contribution in [2.45, 2.75) is 26.7 Å². The molecule has 0 radical (unpaired) electrons. The van der Waals surface area contributed by atoms with Gasteiger partial charge in [0.05, 0.1) is 5.75 Å². The third kappa shape index (κ3) is 14.3. The van der Waals surface area contributed by atoms with Gasteiger partial charge in [0.2, 0.25) is 0 Å². The van der Waals surface area contributed by atoms with Crippen molar-refractivity contribution in [3.8, 4) is 0 Å². The molecular formula is C11H25NO2S2. The number of nitrogens with one attached hydrogen (secondary N) is 1. The molecule has 0 saturated heterocycles. The Balaban J connectivity index is 3.10. The lowest BCUT2D eigenvalue weighted by molar-refractivity contribution is 0.534. The molecular weight excluding hydrogens is 242 g/mol. The lowest BCUT2D eigenvalue weighted by Crippen LogP contribution is -2.19. The zero-order valence-corrected chi connectivity index (χ0v) is 12.3. The average Bonchev–Trinajstić information content (AvgIpc) is 2.13. The Bertz CT molecular complexity index is 251. The molecule has 0 atom stereocenters. The molecule has 0 aromatic carbocycles. The highest BCUT2D eigenvalue weighted by Crippen LogP contribution is 2.02. The van der Waals surface area contributed by atoms with Gasteiger partial charge in [-0.05, 0) is 25.3 Å². The van der Waals surface area contributed by atoms with E-state index in [-0.39, 0.29) is 0 Å². The van der Waals surface area contributed by atoms with Crippen LogP contribution < -0.4 is 5.32 Å². The molecule has 0 aromatic heterocycles. The first-order chi connectivity index (χ1) is 7.42. The van der Waals surface area contributed by atoms with Crippen molar-refractivity contribution in [3.05, 3.63) is 0 Å². The van der Waals surface area contributed by atoms with Crippen LogP contribution in [0.4, 0.5) is 0 Å². The smallest absolute Gasteiger partial charge is 0.148 e. The Labute approximate surface area is 105 Å². The van der Waals surface area contributed by atoms with E-state index in [1.54, 1.807) is 11.8 Å². The van der Waals surface area contributed by atoms with E-state index in [0.717, 1.165) is 24.8 Å². The first-order valence-electron chi connectivity index (χ1n) is 5.88. The molecule has 1 N–H and O–H groups in total. The molecule has 0 amide bonds. The summed E-state index contributed by atoms with van der Waals surface area (Å²) in [7, 11) is -2.78. The first kappa shape index (κ1) is 16.3. The minimum Gasteiger partial charge on any atom is -0.316 e. The van der Waals surface area contributed by atoms with E-state index in [9.17, 15) is 8.42 Å². The highest BCUT2D eigenvalue weighted by molar-refractivity contribution is 8.00. The van der Waals surface area contributed by atoms with Gasteiger partial charge in [-0.25, -0.2) is 8.42 Å². The zero-order chi connectivity index (χ0) is 12.4. The summed E-state index contributed by atoms with van der Waals surface area (Å²) in [5.41, 5.74) is 0. The summed E-state index contributed by atoms with van der Waals surface area (Å²) in [6.45, 7) is 6.53. The largest absolute Gasteiger partial charge is 0.316 e. The Kier molecular flexibility index (Phi) is 9.46. The van der Waals surface area contributed by atoms with Crippen molar-refractivity contribution in [3.63, 3.8) is 0 Å². The Morgan fingerprint density at radius 1 is 1.19 bits per heavy atom. The van der Waals surface area contributed by atoms with Gasteiger partial charge in [0.15, 0.2) is 0 Å². The summed E-state index contributed by atoms with van der Waals surface area (Å²) in [4.78, 5) is 0. The van der Waals surface area contributed by atoms with Crippen molar-refractivity contribution in [2.75, 3.05) is 36.6 Å². The fourth-order valence-electron chi connectivity index (χ4n) is 1.22. The lowest BCUT2D eigenvalue weighted by atomic mass is 10.1. The topological polar surface area (TPSA) is 46.2 Å². The normalized spacial score (nSPS) is 12.2. The van der Waals surface area contributed by atoms with Crippen molar-refractivity contribution in [1.82, 2.24) is 5.32 Å². The second-order valence-corrected chi connectivity index (χ2v) is 8.01. The molecule has 0 unspecified atom stereocenters. The van der Waals surface area contributed by atoms with Crippen LogP contribution in [0, 0.1) is 5.92 Å². The monoisotopic (exact) mass is 267 g/mol. The quantitative estimate of drug-likeness (QED) is 0.613. The van der Waals surface area contributed by atoms with Crippen molar-refractivity contribution in [1.29, 1.82) is 0 Å². The molecule has 16 heavy (non-hydrogen) atoms. The predicted octanol–water partition coefficient (Wildman–Crippen LogP) is 1.79. The van der Waals surface area contributed by atoms with E-state index in [1.165, 1.54) is 19.1 Å². The Hall–Kier alpha value is 0.260. The van der Waals surface area contributed by atoms with Crippen LogP contribution in [0.25, 0.3) is 0 Å². The van der Waals surface area contributed by atoms with Gasteiger partial charge in [0, 0.05) is 24.3 Å². The van der Waals surface area contributed by atoms with Crippen molar-refractivity contribution < 1.29 is 8.42 Å². The van der Waals surface area contributed by atoms with E-state index < -0.39 is 9.84 Å². The second-order valence-electron chi connectivity index (χ2n) is 4.53. The number of thioether (sulfide) groups is 1. The van der Waals surface area contributed by atoms with Gasteiger partial charge < -0.3 is 5.32 Å². The summed E-state index contributed by atoms with van der Waals surface area (Å²) in [6.07, 6.45) is 3.79. The maximum absolute atomic E-state index is 10.8. The van der Waals surface area contributed by atoms with Crippen molar-refractivity contribution >= 4 is 21.6 Å². The van der Waals surface area contributed by atoms with Crippen LogP contribution in [-0.2, 0) is 9.84 Å². The molecule has 0 fully saturated rings. The molecule has 0 bridgehead atoms. The standard InChI is InChI=1S/C11H25NO2S2/c1-11(2)5-4-6-12-7-8-15-9-10-16(3,13)14/h11-12H,4-10H2,1-3H3. The van der Waals surface area contributed by atoms with E-state index >= 15 is 0 Å². The van der Waals surface area contributed by atoms with Crippen LogP contribution in [0.1, 0.15) is 26.7 Å². The van der Waals surface area contributed by atoms with Crippen LogP contribution in [0.3, 0.4) is 0 Å². The van der Waals surface area contributed by atoms with Gasteiger partial charge in [-0.3, -0.25) is 0 Å². The fraction of sp³-hybridized carbons (Fsp3) is 1.00. The molecule has 0 aliphatic rings. The molecule has 5 heteroatoms. The number of hydrogen-bond acceptors (Lipinski definition) is 4. The van der Waals surface area contributed by atoms with Gasteiger partial charge in [-0.2, -0.15) is 11.8 Å². The first-order valence-corrected chi connectivity index (χ1v) is 9.09. The minimum atomic E-state index is -2.78. The van der Waals surface area contributed by atoms with Gasteiger partial charge in [-0.15, -0.1) is 0 Å². The Morgan fingerprint density at radius 2 is 1.88 bits per heavy atom. The molecule has 3 nitrogen and oxygen atoms in total. The highest BCUT2D eigenvalue weighted by Gasteiger charge is 2.00. The number of rotatable bonds is 10. The van der Waals surface area contributed by atoms with Crippen LogP contribution in [0.2, 0.25) is 0 Å². The SMILES string of the molecule is CC(C)CCCNCCSCCS(C)(=O)=O. The zero-order valence-electron chi connectivity index (χ0n) is 10.7. The van der Waals surface area contributed by atoms with Crippen LogP contribution in [0.5, 0.6) is 0 Å². The van der Waals surface area contributed by atoms with Gasteiger partial charge in [0.25, 0.3) is 0 Å². The maximum atomic E-state index is 10.8. The fourth-order valence-corrected chi connectivity index (χ4v) is 3.39. The highest BCUT2D eigenvalue weighted by atomic mass is 32.2. The molecule has 0 spiro atoms. The van der Waals surface area contributed by atoms with Crippen LogP contribution in [-0.4, -0.2) is 45.0 Å². The third-order valence-electron chi connectivity index (χ3n) is 2.16. The van der Waals surface area contributed by atoms with Gasteiger partial charge in [0.1, 0.15) is 9.84 Å². The molecule has 0 aromatic rings. The minimum absolute atomic E-state index is 0.297. The van der Waals surface area contributed by atoms with E-state index in [4.69, 9.17) is 0 Å². The summed E-state index contributed by atoms with van der Waals surface area (Å²) >= 11 is 1.70. The molecule has 0 aliphatic carbocycles. The predicted molar refractivity (Wildman–Crippen MR) is 74.0 cm³/mol. The van der Waals surface area contributed by atoms with Gasteiger partial charge >= 0.3 is 0 Å². The summed E-state index contributed by atoms with van der Waals surface area (Å²) in [5, 5.41) is 3.37. The summed E-state index contributed by atoms with van der Waals surface area (Å²) in [5.74, 6) is 2.79. The van der Waals surface area contributed by atoms with E-state index in [2.05, 4.69) is 19.2 Å². The summed E-state index contributed by atoms with van der Waals surface area (Å²) in [6, 6.07) is 0. The van der Waals surface area contributed by atoms with Gasteiger partial charge in [-0.1, -0.05) is 13.8 Å². The average molecular weight is 267 g/mol. The molecule has 0 saturated carbocycles. The van der Waals surface area contributed by atoms with E-state index in [0.29, 0.717) is 11.5 Å². The Morgan fingerprint density at radius 3 is 2.44 bits per heavy atom. The molecule has 0 rings (SSSR count). The molecule has 0 aliphatic heterocycles.